The number of esters is 4. The molecular formula is C52H62O29. The van der Waals surface area contributed by atoms with Crippen molar-refractivity contribution in [3.8, 4) is 23.0 Å². The summed E-state index contributed by atoms with van der Waals surface area (Å²) in [5, 5.41) is 140. The molecular weight excluding hydrogens is 1090 g/mol. The van der Waals surface area contributed by atoms with E-state index in [1.807, 2.05) is 0 Å². The molecule has 19 unspecified atom stereocenters. The van der Waals surface area contributed by atoms with E-state index < -0.39 is 185 Å². The lowest BCUT2D eigenvalue weighted by Gasteiger charge is -2.50. The molecule has 0 aromatic heterocycles. The third-order valence-corrected chi connectivity index (χ3v) is 13.2. The predicted molar refractivity (Wildman–Crippen MR) is 263 cm³/mol. The van der Waals surface area contributed by atoms with E-state index in [2.05, 4.69) is 0 Å². The number of ether oxygens (including phenoxy) is 12. The van der Waals surface area contributed by atoms with Crippen molar-refractivity contribution in [3.63, 3.8) is 0 Å². The lowest BCUT2D eigenvalue weighted by atomic mass is 9.95. The van der Waals surface area contributed by atoms with Gasteiger partial charge < -0.3 is 123 Å². The Kier molecular flexibility index (Phi) is 21.1. The van der Waals surface area contributed by atoms with E-state index in [1.165, 1.54) is 61.7 Å². The van der Waals surface area contributed by atoms with Gasteiger partial charge in [0.25, 0.3) is 0 Å². The van der Waals surface area contributed by atoms with Gasteiger partial charge in [-0.2, -0.15) is 0 Å². The first-order valence-corrected chi connectivity index (χ1v) is 24.9. The minimum atomic E-state index is -2.93. The summed E-state index contributed by atoms with van der Waals surface area (Å²) in [6.45, 7) is -4.29. The number of aliphatic hydroxyl groups excluding tert-OH is 10. The van der Waals surface area contributed by atoms with Gasteiger partial charge in [-0.05, 0) is 59.7 Å². The molecule has 4 aliphatic heterocycles. The van der Waals surface area contributed by atoms with Crippen LogP contribution in [0.3, 0.4) is 0 Å². The molecule has 0 amide bonds. The SMILES string of the molecule is COc1cc(C=CC(=O)OC2C(CO)OC(OC3(COC(=O)C=Cc4ccc(O)c(O)c4)OC(CO)C(O)C3OC(=O)c3ccccc3)C(OC3OC(CO)C(O)C(O)C3O)C2OC2OC(COC(C)=O)C(O)C(O)C2O)ccc1O. The molecule has 4 fully saturated rings. The van der Waals surface area contributed by atoms with Crippen LogP contribution in [0.15, 0.2) is 78.9 Å². The van der Waals surface area contributed by atoms with Crippen molar-refractivity contribution < 1.29 is 142 Å². The molecule has 0 radical (unpaired) electrons. The minimum Gasteiger partial charge on any atom is -0.504 e. The second-order valence-corrected chi connectivity index (χ2v) is 18.7. The minimum absolute atomic E-state index is 0.00459. The molecule has 4 saturated heterocycles. The predicted octanol–water partition coefficient (Wildman–Crippen LogP) is -3.66. The smallest absolute Gasteiger partial charge is 0.338 e. The number of phenolic OH excluding ortho intramolecular Hbond substituents is 3. The van der Waals surface area contributed by atoms with Crippen LogP contribution in [0.2, 0.25) is 0 Å². The molecule has 444 valence electrons. The molecule has 4 aliphatic rings. The van der Waals surface area contributed by atoms with Gasteiger partial charge in [-0.15, -0.1) is 0 Å². The Labute approximate surface area is 459 Å². The van der Waals surface area contributed by atoms with Gasteiger partial charge in [0, 0.05) is 19.1 Å². The Bertz CT molecular complexity index is 2670. The molecule has 0 aliphatic carbocycles. The molecule has 0 bridgehead atoms. The van der Waals surface area contributed by atoms with Crippen LogP contribution >= 0.6 is 0 Å². The van der Waals surface area contributed by atoms with Crippen molar-refractivity contribution in [2.75, 3.05) is 40.1 Å². The van der Waals surface area contributed by atoms with Gasteiger partial charge in [0.2, 0.25) is 5.79 Å². The largest absolute Gasteiger partial charge is 0.504 e. The molecule has 0 saturated carbocycles. The van der Waals surface area contributed by atoms with Gasteiger partial charge in [0.15, 0.2) is 54.1 Å². The van der Waals surface area contributed by atoms with Crippen LogP contribution in [-0.2, 0) is 66.5 Å². The molecule has 29 nitrogen and oxygen atoms in total. The summed E-state index contributed by atoms with van der Waals surface area (Å²) in [6, 6.07) is 14.6. The zero-order valence-corrected chi connectivity index (χ0v) is 42.9. The van der Waals surface area contributed by atoms with E-state index in [0.29, 0.717) is 0 Å². The molecule has 19 atom stereocenters. The number of phenols is 3. The van der Waals surface area contributed by atoms with E-state index in [1.54, 1.807) is 6.07 Å². The Hall–Kier alpha value is -6.46. The summed E-state index contributed by atoms with van der Waals surface area (Å²) in [5.41, 5.74) is 0.307. The van der Waals surface area contributed by atoms with Crippen LogP contribution in [0.4, 0.5) is 0 Å². The Morgan fingerprint density at radius 2 is 1.14 bits per heavy atom. The zero-order valence-electron chi connectivity index (χ0n) is 42.9. The van der Waals surface area contributed by atoms with Crippen molar-refractivity contribution >= 4 is 36.0 Å². The number of carbonyl (C=O) groups excluding carboxylic acids is 4. The lowest BCUT2D eigenvalue weighted by Crippen LogP contribution is -2.69. The molecule has 81 heavy (non-hydrogen) atoms. The number of hydrogen-bond donors (Lipinski definition) is 13. The summed E-state index contributed by atoms with van der Waals surface area (Å²) in [5.74, 6) is -8.74. The van der Waals surface area contributed by atoms with Gasteiger partial charge in [-0.25, -0.2) is 14.4 Å². The lowest BCUT2D eigenvalue weighted by molar-refractivity contribution is -0.421. The standard InChI is InChI=1S/C52H62O29/c1-23(56)71-21-34-38(63)41(66)43(68)50(75-34)77-45-44(76-36(61)15-11-25-9-13-28(58)30(17-25)70-2)33(20-55)74-51(46(45)78-49-42(67)40(65)37(62)31(18-53)73-49)81-52(22-72-35(60)14-10-24-8-12-27(57)29(59)16-24)47(39(64)32(19-54)80-52)79-48(69)26-6-4-3-5-7-26/h3-17,31-34,37-47,49-51,53-55,57-59,62-68H,18-22H2,1-2H3. The number of methoxy groups -OCH3 is 1. The van der Waals surface area contributed by atoms with Gasteiger partial charge in [-0.3, -0.25) is 4.79 Å². The maximum Gasteiger partial charge on any atom is 0.338 e. The first kappa shape index (κ1) is 62.1. The topological polar surface area (TPSA) is 442 Å². The second kappa shape index (κ2) is 27.5. The van der Waals surface area contributed by atoms with Gasteiger partial charge in [0.05, 0.1) is 32.5 Å². The molecule has 7 rings (SSSR count). The Balaban J connectivity index is 1.36. The number of hydrogen-bond acceptors (Lipinski definition) is 29. The summed E-state index contributed by atoms with van der Waals surface area (Å²) in [6.07, 6.45) is -33.8. The van der Waals surface area contributed by atoms with Crippen molar-refractivity contribution in [2.45, 2.75) is 123 Å². The molecule has 29 heteroatoms. The number of aromatic hydroxyl groups is 3. The summed E-state index contributed by atoms with van der Waals surface area (Å²) >= 11 is 0. The Morgan fingerprint density at radius 1 is 0.568 bits per heavy atom. The first-order chi connectivity index (χ1) is 38.6. The van der Waals surface area contributed by atoms with E-state index in [4.69, 9.17) is 56.8 Å². The number of rotatable bonds is 21. The summed E-state index contributed by atoms with van der Waals surface area (Å²) in [4.78, 5) is 53.3. The Morgan fingerprint density at radius 3 is 1.74 bits per heavy atom. The normalized spacial score (nSPS) is 34.2. The number of benzene rings is 3. The van der Waals surface area contributed by atoms with Crippen LogP contribution in [0, 0.1) is 0 Å². The second-order valence-electron chi connectivity index (χ2n) is 18.7. The third kappa shape index (κ3) is 14.6. The third-order valence-electron chi connectivity index (χ3n) is 13.2. The molecule has 0 spiro atoms. The molecule has 4 heterocycles. The van der Waals surface area contributed by atoms with Crippen molar-refractivity contribution in [2.24, 2.45) is 0 Å². The van der Waals surface area contributed by atoms with Crippen LogP contribution in [-0.4, -0.2) is 247 Å². The highest BCUT2D eigenvalue weighted by atomic mass is 16.8. The van der Waals surface area contributed by atoms with Crippen LogP contribution in [0.1, 0.15) is 28.4 Å². The number of aliphatic hydroxyl groups is 10. The van der Waals surface area contributed by atoms with Crippen molar-refractivity contribution in [1.29, 1.82) is 0 Å². The van der Waals surface area contributed by atoms with Crippen LogP contribution in [0.5, 0.6) is 23.0 Å². The highest BCUT2D eigenvalue weighted by Crippen LogP contribution is 2.42. The highest BCUT2D eigenvalue weighted by Gasteiger charge is 2.64. The van der Waals surface area contributed by atoms with Crippen molar-refractivity contribution in [3.05, 3.63) is 95.6 Å². The van der Waals surface area contributed by atoms with Gasteiger partial charge in [0.1, 0.15) is 92.6 Å². The van der Waals surface area contributed by atoms with E-state index in [-0.39, 0.29) is 28.2 Å². The fraction of sp³-hybridized carbons (Fsp3) is 0.500. The monoisotopic (exact) mass is 1150 g/mol. The van der Waals surface area contributed by atoms with Crippen LogP contribution < -0.4 is 4.74 Å². The van der Waals surface area contributed by atoms with Crippen LogP contribution in [0.25, 0.3) is 12.2 Å². The van der Waals surface area contributed by atoms with E-state index in [0.717, 1.165) is 37.3 Å². The molecule has 13 N–H and O–H groups in total. The maximum atomic E-state index is 14.0. The first-order valence-electron chi connectivity index (χ1n) is 24.9. The quantitative estimate of drug-likeness (QED) is 0.0212. The summed E-state index contributed by atoms with van der Waals surface area (Å²) < 4.78 is 70.3. The zero-order chi connectivity index (χ0) is 58.9. The average Bonchev–Trinajstić information content (AvgIpc) is 4.00. The molecule has 3 aromatic rings. The fourth-order valence-electron chi connectivity index (χ4n) is 8.93. The number of carbonyl (C=O) groups is 4. The van der Waals surface area contributed by atoms with Gasteiger partial charge >= 0.3 is 23.9 Å². The van der Waals surface area contributed by atoms with E-state index >= 15 is 0 Å². The van der Waals surface area contributed by atoms with Crippen molar-refractivity contribution in [1.82, 2.24) is 0 Å². The summed E-state index contributed by atoms with van der Waals surface area (Å²) in [7, 11) is 1.27. The molecule has 3 aromatic carbocycles. The van der Waals surface area contributed by atoms with Gasteiger partial charge in [-0.1, -0.05) is 30.3 Å². The van der Waals surface area contributed by atoms with E-state index in [9.17, 15) is 85.6 Å². The average molecular weight is 1150 g/mol. The maximum absolute atomic E-state index is 14.0. The highest BCUT2D eigenvalue weighted by molar-refractivity contribution is 5.90. The fourth-order valence-corrected chi connectivity index (χ4v) is 8.93.